The topological polar surface area (TPSA) is 0 Å². The third kappa shape index (κ3) is 11.7. The van der Waals surface area contributed by atoms with E-state index in [9.17, 15) is 0 Å². The standard InChI is InChI=1S/C11H20NSi.3ClH.Pd/c1-12(2,3)9-10-5-7-11(13-4)8-6-10;;;;/h5-8H,9,13H2,1-4H3;3*1H;/q+1;;;;+3/p-3. The molecule has 0 aliphatic rings. The van der Waals surface area contributed by atoms with Gasteiger partial charge in [-0.3, -0.25) is 0 Å². The van der Waals surface area contributed by atoms with Crippen LogP contribution >= 0.6 is 28.6 Å². The van der Waals surface area contributed by atoms with E-state index in [1.807, 2.05) is 0 Å². The number of hydrogen-bond acceptors (Lipinski definition) is 0. The van der Waals surface area contributed by atoms with Crippen molar-refractivity contribution in [3.8, 4) is 0 Å². The molecule has 0 aliphatic heterocycles. The summed E-state index contributed by atoms with van der Waals surface area (Å²) in [7, 11) is 21.5. The molecule has 0 N–H and O–H groups in total. The zero-order valence-electron chi connectivity index (χ0n) is 10.6. The summed E-state index contributed by atoms with van der Waals surface area (Å²) in [5, 5.41) is 1.56. The second-order valence-corrected chi connectivity index (χ2v) is 13.4. The second-order valence-electron chi connectivity index (χ2n) is 4.75. The number of benzene rings is 1. The van der Waals surface area contributed by atoms with Gasteiger partial charge in [-0.25, -0.2) is 0 Å². The monoisotopic (exact) mass is 405 g/mol. The van der Waals surface area contributed by atoms with Crippen molar-refractivity contribution < 1.29 is 18.2 Å². The van der Waals surface area contributed by atoms with Gasteiger partial charge in [-0.05, 0) is 0 Å². The molecule has 0 heterocycles. The summed E-state index contributed by atoms with van der Waals surface area (Å²) < 4.78 is 1.00. The van der Waals surface area contributed by atoms with Gasteiger partial charge in [0.25, 0.3) is 0 Å². The van der Waals surface area contributed by atoms with Crippen LogP contribution in [0, 0.1) is 0 Å². The predicted molar refractivity (Wildman–Crippen MR) is 79.8 cm³/mol. The van der Waals surface area contributed by atoms with E-state index in [1.54, 1.807) is 5.19 Å². The molecule has 0 aliphatic carbocycles. The summed E-state index contributed by atoms with van der Waals surface area (Å²) in [5.41, 5.74) is 1.44. The Kier molecular flexibility index (Phi) is 9.42. The Hall–Kier alpha value is 0.929. The molecule has 0 radical (unpaired) electrons. The van der Waals surface area contributed by atoms with Crippen molar-refractivity contribution in [2.45, 2.75) is 13.1 Å². The Morgan fingerprint density at radius 1 is 1.06 bits per heavy atom. The first-order valence-corrected chi connectivity index (χ1v) is 13.4. The van der Waals surface area contributed by atoms with Gasteiger partial charge in [0, 0.05) is 5.56 Å². The molecule has 1 aromatic carbocycles. The van der Waals surface area contributed by atoms with Crippen molar-refractivity contribution >= 4 is 43.3 Å². The fourth-order valence-electron chi connectivity index (χ4n) is 1.43. The Morgan fingerprint density at radius 3 is 1.76 bits per heavy atom. The summed E-state index contributed by atoms with van der Waals surface area (Å²) in [6.45, 7) is 3.44. The van der Waals surface area contributed by atoms with Gasteiger partial charge in [-0.1, -0.05) is 36.0 Å². The number of hydrogen-bond donors (Lipinski definition) is 0. The van der Waals surface area contributed by atoms with Crippen molar-refractivity contribution in [3.63, 3.8) is 0 Å². The average Bonchev–Trinajstić information content (AvgIpc) is 2.15. The second kappa shape index (κ2) is 8.93. The van der Waals surface area contributed by atoms with Gasteiger partial charge in [0.1, 0.15) is 6.54 Å². The Balaban J connectivity index is 0.000000557. The van der Waals surface area contributed by atoms with Crippen LogP contribution in [0.3, 0.4) is 0 Å². The van der Waals surface area contributed by atoms with Crippen molar-refractivity contribution in [1.29, 1.82) is 0 Å². The van der Waals surface area contributed by atoms with Gasteiger partial charge in [0.05, 0.1) is 30.7 Å². The van der Waals surface area contributed by atoms with Gasteiger partial charge < -0.3 is 4.48 Å². The summed E-state index contributed by atoms with van der Waals surface area (Å²) in [6, 6.07) is 9.12. The molecule has 1 nitrogen and oxygen atoms in total. The average molecular weight is 407 g/mol. The van der Waals surface area contributed by atoms with E-state index in [2.05, 4.69) is 52.0 Å². The molecule has 0 unspecified atom stereocenters. The van der Waals surface area contributed by atoms with Crippen LogP contribution in [0.1, 0.15) is 5.56 Å². The minimum atomic E-state index is -1.57. The van der Waals surface area contributed by atoms with Crippen LogP contribution in [-0.2, 0) is 20.2 Å². The minimum absolute atomic E-state index is 0.0283. The molecule has 1 aromatic rings. The molecule has 0 atom stereocenters. The molecule has 6 heteroatoms. The van der Waals surface area contributed by atoms with Gasteiger partial charge >= 0.3 is 42.3 Å². The molecule has 0 fully saturated rings. The van der Waals surface area contributed by atoms with Crippen LogP contribution in [0.2, 0.25) is 6.55 Å². The predicted octanol–water partition coefficient (Wildman–Crippen LogP) is 2.80. The van der Waals surface area contributed by atoms with E-state index in [1.165, 1.54) is 5.56 Å². The van der Waals surface area contributed by atoms with Gasteiger partial charge in [0.15, 0.2) is 0 Å². The SMILES string of the molecule is C[SiH2]c1ccc(C[N+](C)(C)C)cc1.[Cl][Pd]([Cl])[Cl]. The molecule has 1 rings (SSSR count). The third-order valence-corrected chi connectivity index (χ3v) is 3.38. The van der Waals surface area contributed by atoms with Gasteiger partial charge in [-0.15, -0.1) is 0 Å². The summed E-state index contributed by atoms with van der Waals surface area (Å²) in [4.78, 5) is 0. The summed E-state index contributed by atoms with van der Waals surface area (Å²) in [5.74, 6) is 0. The van der Waals surface area contributed by atoms with Crippen LogP contribution in [0.25, 0.3) is 0 Å². The van der Waals surface area contributed by atoms with Crippen molar-refractivity contribution in [3.05, 3.63) is 29.8 Å². The molecule has 0 aromatic heterocycles. The Morgan fingerprint density at radius 2 is 1.47 bits per heavy atom. The molecule has 0 saturated carbocycles. The first kappa shape index (κ1) is 17.9. The number of nitrogens with zero attached hydrogens (tertiary/aromatic N) is 1. The number of rotatable bonds is 3. The van der Waals surface area contributed by atoms with Crippen molar-refractivity contribution in [2.24, 2.45) is 0 Å². The molecular formula is C11H20Cl3NPdSi+. The van der Waals surface area contributed by atoms with Crippen LogP contribution in [0.4, 0.5) is 0 Å². The third-order valence-electron chi connectivity index (χ3n) is 2.09. The zero-order valence-corrected chi connectivity index (χ0v) is 15.9. The molecule has 0 saturated heterocycles. The van der Waals surface area contributed by atoms with E-state index >= 15 is 0 Å². The quantitative estimate of drug-likeness (QED) is 0.534. The van der Waals surface area contributed by atoms with Gasteiger partial charge in [0.2, 0.25) is 0 Å². The fourth-order valence-corrected chi connectivity index (χ4v) is 2.14. The van der Waals surface area contributed by atoms with Crippen LogP contribution < -0.4 is 5.19 Å². The molecule has 103 valence electrons. The van der Waals surface area contributed by atoms with Crippen LogP contribution in [0.15, 0.2) is 24.3 Å². The normalized spacial score (nSPS) is 12.3. The maximum absolute atomic E-state index is 4.92. The van der Waals surface area contributed by atoms with Crippen LogP contribution in [0.5, 0.6) is 0 Å². The molecule has 0 spiro atoms. The molecule has 17 heavy (non-hydrogen) atoms. The Bertz CT molecular complexity index is 309. The first-order chi connectivity index (χ1) is 7.74. The van der Waals surface area contributed by atoms with Gasteiger partial charge in [-0.2, -0.15) is 0 Å². The fraction of sp³-hybridized carbons (Fsp3) is 0.455. The Labute approximate surface area is 125 Å². The molecule has 0 bridgehead atoms. The van der Waals surface area contributed by atoms with E-state index in [-0.39, 0.29) is 9.52 Å². The van der Waals surface area contributed by atoms with Crippen molar-refractivity contribution in [1.82, 2.24) is 0 Å². The maximum atomic E-state index is 4.92. The van der Waals surface area contributed by atoms with E-state index < -0.39 is 13.7 Å². The molecule has 0 amide bonds. The molecular weight excluding hydrogens is 387 g/mol. The zero-order chi connectivity index (χ0) is 13.5. The van der Waals surface area contributed by atoms with Crippen LogP contribution in [-0.4, -0.2) is 35.1 Å². The van der Waals surface area contributed by atoms with E-state index in [4.69, 9.17) is 28.6 Å². The summed E-state index contributed by atoms with van der Waals surface area (Å²) >= 11 is -1.57. The summed E-state index contributed by atoms with van der Waals surface area (Å²) in [6.07, 6.45) is 0. The first-order valence-electron chi connectivity index (χ1n) is 5.25. The van der Waals surface area contributed by atoms with Crippen molar-refractivity contribution in [2.75, 3.05) is 21.1 Å². The van der Waals surface area contributed by atoms with E-state index in [0.717, 1.165) is 11.0 Å². The number of quaternary nitrogens is 1. The van der Waals surface area contributed by atoms with E-state index in [0.29, 0.717) is 0 Å². The number of halogens is 3.